The lowest BCUT2D eigenvalue weighted by atomic mass is 9.97. The smallest absolute Gasteiger partial charge is 0.341 e. The molecule has 2 saturated carbocycles. The van der Waals surface area contributed by atoms with Crippen molar-refractivity contribution >= 4 is 28.4 Å². The van der Waals surface area contributed by atoms with Crippen LogP contribution in [0.1, 0.15) is 71.8 Å². The number of methoxy groups -OCH3 is 1. The number of pyridine rings is 1. The molecule has 2 aliphatic carbocycles. The number of benzene rings is 1. The maximum absolute atomic E-state index is 12.4. The lowest BCUT2D eigenvalue weighted by molar-refractivity contribution is 0.0601. The van der Waals surface area contributed by atoms with Gasteiger partial charge in [0.25, 0.3) is 0 Å². The molecule has 5 heteroatoms. The number of esters is 1. The molecule has 0 bridgehead atoms. The number of anilines is 2. The molecule has 0 amide bonds. The molecule has 0 spiro atoms. The van der Waals surface area contributed by atoms with Crippen molar-refractivity contribution in [3.63, 3.8) is 0 Å². The number of carbonyl (C=O) groups is 1. The van der Waals surface area contributed by atoms with E-state index < -0.39 is 0 Å². The van der Waals surface area contributed by atoms with Gasteiger partial charge >= 0.3 is 5.97 Å². The highest BCUT2D eigenvalue weighted by atomic mass is 16.5. The van der Waals surface area contributed by atoms with Crippen LogP contribution in [0.4, 0.5) is 11.5 Å². The van der Waals surface area contributed by atoms with Crippen molar-refractivity contribution in [2.75, 3.05) is 12.4 Å². The molecule has 2 aliphatic rings. The number of carbonyl (C=O) groups excluding carboxylic acids is 1. The molecule has 1 N–H and O–H groups in total. The molecule has 0 unspecified atom stereocenters. The summed E-state index contributed by atoms with van der Waals surface area (Å²) in [6.07, 6.45) is 11.7. The van der Waals surface area contributed by atoms with Crippen molar-refractivity contribution in [1.29, 1.82) is 0 Å². The Kier molecular flexibility index (Phi) is 4.53. The van der Waals surface area contributed by atoms with Gasteiger partial charge in [0.2, 0.25) is 0 Å². The molecule has 5 nitrogen and oxygen atoms in total. The number of ether oxygens (including phenoxy) is 1. The second kappa shape index (κ2) is 7.21. The van der Waals surface area contributed by atoms with Gasteiger partial charge < -0.3 is 14.6 Å². The Balaban J connectivity index is 1.51. The van der Waals surface area contributed by atoms with Crippen LogP contribution in [0.3, 0.4) is 0 Å². The van der Waals surface area contributed by atoms with E-state index in [0.29, 0.717) is 23.2 Å². The van der Waals surface area contributed by atoms with Crippen molar-refractivity contribution in [2.24, 2.45) is 7.05 Å². The number of nitrogens with one attached hydrogen (secondary N) is 1. The van der Waals surface area contributed by atoms with Crippen molar-refractivity contribution < 1.29 is 9.53 Å². The van der Waals surface area contributed by atoms with Crippen LogP contribution < -0.4 is 5.32 Å². The zero-order valence-electron chi connectivity index (χ0n) is 17.1. The topological polar surface area (TPSA) is 56.1 Å². The van der Waals surface area contributed by atoms with Gasteiger partial charge in [-0.15, -0.1) is 0 Å². The summed E-state index contributed by atoms with van der Waals surface area (Å²) in [6.45, 7) is 0. The highest BCUT2D eigenvalue weighted by Crippen LogP contribution is 2.41. The van der Waals surface area contributed by atoms with Crippen LogP contribution in [0.2, 0.25) is 0 Å². The van der Waals surface area contributed by atoms with Crippen LogP contribution in [0.25, 0.3) is 10.9 Å². The number of aryl methyl sites for hydroxylation is 1. The number of rotatable bonds is 5. The van der Waals surface area contributed by atoms with E-state index >= 15 is 0 Å². The highest BCUT2D eigenvalue weighted by Gasteiger charge is 2.26. The molecule has 2 aromatic heterocycles. The molecule has 0 atom stereocenters. The Bertz CT molecular complexity index is 1080. The zero-order chi connectivity index (χ0) is 20.0. The summed E-state index contributed by atoms with van der Waals surface area (Å²) < 4.78 is 7.23. The third-order valence-corrected chi connectivity index (χ3v) is 6.44. The molecule has 2 heterocycles. The fourth-order valence-electron chi connectivity index (χ4n) is 4.69. The van der Waals surface area contributed by atoms with Gasteiger partial charge in [-0.2, -0.15) is 0 Å². The standard InChI is InChI=1S/C24H27N3O2/c1-27-14-21(16-5-3-4-6-16)19-12-18(9-10-22(19)27)26-23-20(24(28)29-2)11-17(13-25-23)15-7-8-15/h9-16H,3-8H2,1-2H3,(H,25,26). The molecule has 3 aromatic rings. The maximum Gasteiger partial charge on any atom is 0.341 e. The summed E-state index contributed by atoms with van der Waals surface area (Å²) in [5.74, 6) is 1.39. The fraction of sp³-hybridized carbons (Fsp3) is 0.417. The normalized spacial score (nSPS) is 17.0. The second-order valence-corrected chi connectivity index (χ2v) is 8.46. The molecule has 29 heavy (non-hydrogen) atoms. The van der Waals surface area contributed by atoms with E-state index in [1.165, 1.54) is 62.1 Å². The summed E-state index contributed by atoms with van der Waals surface area (Å²) in [4.78, 5) is 16.9. The van der Waals surface area contributed by atoms with E-state index in [2.05, 4.69) is 46.3 Å². The molecule has 0 radical (unpaired) electrons. The molecule has 1 aromatic carbocycles. The summed E-state index contributed by atoms with van der Waals surface area (Å²) in [5, 5.41) is 4.66. The van der Waals surface area contributed by atoms with Gasteiger partial charge in [0.05, 0.1) is 7.11 Å². The number of fused-ring (bicyclic) bond motifs is 1. The second-order valence-electron chi connectivity index (χ2n) is 8.46. The van der Waals surface area contributed by atoms with Crippen LogP contribution in [-0.2, 0) is 11.8 Å². The van der Waals surface area contributed by atoms with Crippen molar-refractivity contribution in [1.82, 2.24) is 9.55 Å². The largest absolute Gasteiger partial charge is 0.465 e. The van der Waals surface area contributed by atoms with E-state index in [-0.39, 0.29) is 5.97 Å². The van der Waals surface area contributed by atoms with Gasteiger partial charge in [-0.1, -0.05) is 12.8 Å². The number of aromatic nitrogens is 2. The average Bonchev–Trinajstić information content (AvgIpc) is 3.35. The average molecular weight is 389 g/mol. The Hall–Kier alpha value is -2.82. The fourth-order valence-corrected chi connectivity index (χ4v) is 4.69. The van der Waals surface area contributed by atoms with Crippen LogP contribution in [0.15, 0.2) is 36.7 Å². The van der Waals surface area contributed by atoms with Crippen LogP contribution in [-0.4, -0.2) is 22.6 Å². The molecular formula is C24H27N3O2. The van der Waals surface area contributed by atoms with Gasteiger partial charge in [0, 0.05) is 36.0 Å². The number of hydrogen-bond donors (Lipinski definition) is 1. The summed E-state index contributed by atoms with van der Waals surface area (Å²) >= 11 is 0. The first kappa shape index (κ1) is 18.2. The predicted octanol–water partition coefficient (Wildman–Crippen LogP) is 5.64. The summed E-state index contributed by atoms with van der Waals surface area (Å²) in [5.41, 5.74) is 5.25. The third kappa shape index (κ3) is 3.39. The Morgan fingerprint density at radius 2 is 1.93 bits per heavy atom. The first-order chi connectivity index (χ1) is 14.1. The monoisotopic (exact) mass is 389 g/mol. The first-order valence-electron chi connectivity index (χ1n) is 10.6. The minimum Gasteiger partial charge on any atom is -0.465 e. The Morgan fingerprint density at radius 1 is 1.14 bits per heavy atom. The third-order valence-electron chi connectivity index (χ3n) is 6.44. The van der Waals surface area contributed by atoms with E-state index in [4.69, 9.17) is 4.74 Å². The van der Waals surface area contributed by atoms with Crippen molar-refractivity contribution in [3.05, 3.63) is 53.3 Å². The highest BCUT2D eigenvalue weighted by molar-refractivity contribution is 5.96. The SMILES string of the molecule is COC(=O)c1cc(C2CC2)cnc1Nc1ccc2c(c1)c(C1CCCC1)cn2C. The number of hydrogen-bond acceptors (Lipinski definition) is 4. The van der Waals surface area contributed by atoms with Gasteiger partial charge in [-0.05, 0) is 72.9 Å². The molecule has 0 aliphatic heterocycles. The summed E-state index contributed by atoms with van der Waals surface area (Å²) in [6, 6.07) is 8.33. The van der Waals surface area contributed by atoms with E-state index in [1.54, 1.807) is 0 Å². The zero-order valence-corrected chi connectivity index (χ0v) is 17.1. The van der Waals surface area contributed by atoms with Crippen molar-refractivity contribution in [3.8, 4) is 0 Å². The van der Waals surface area contributed by atoms with Crippen LogP contribution in [0, 0.1) is 0 Å². The van der Waals surface area contributed by atoms with Gasteiger partial charge in [-0.3, -0.25) is 0 Å². The minimum atomic E-state index is -0.352. The van der Waals surface area contributed by atoms with Gasteiger partial charge in [-0.25, -0.2) is 9.78 Å². The Morgan fingerprint density at radius 3 is 2.66 bits per heavy atom. The molecule has 0 saturated heterocycles. The quantitative estimate of drug-likeness (QED) is 0.574. The molecule has 2 fully saturated rings. The number of nitrogens with zero attached hydrogens (tertiary/aromatic N) is 2. The first-order valence-corrected chi connectivity index (χ1v) is 10.6. The van der Waals surface area contributed by atoms with E-state index in [9.17, 15) is 4.79 Å². The predicted molar refractivity (Wildman–Crippen MR) is 115 cm³/mol. The minimum absolute atomic E-state index is 0.352. The maximum atomic E-state index is 12.4. The van der Waals surface area contributed by atoms with Gasteiger partial charge in [0.15, 0.2) is 0 Å². The van der Waals surface area contributed by atoms with Crippen molar-refractivity contribution in [2.45, 2.75) is 50.4 Å². The van der Waals surface area contributed by atoms with Gasteiger partial charge in [0.1, 0.15) is 11.4 Å². The molecular weight excluding hydrogens is 362 g/mol. The van der Waals surface area contributed by atoms with Crippen LogP contribution in [0.5, 0.6) is 0 Å². The summed E-state index contributed by atoms with van der Waals surface area (Å²) in [7, 11) is 3.53. The lowest BCUT2D eigenvalue weighted by Gasteiger charge is -2.13. The molecule has 5 rings (SSSR count). The van der Waals surface area contributed by atoms with E-state index in [0.717, 1.165) is 11.3 Å². The molecule has 150 valence electrons. The Labute approximate surface area is 171 Å². The lowest BCUT2D eigenvalue weighted by Crippen LogP contribution is -2.08. The van der Waals surface area contributed by atoms with Crippen LogP contribution >= 0.6 is 0 Å². The van der Waals surface area contributed by atoms with E-state index in [1.807, 2.05) is 12.3 Å².